The van der Waals surface area contributed by atoms with Gasteiger partial charge in [0.25, 0.3) is 6.69 Å². The van der Waals surface area contributed by atoms with E-state index in [1.165, 1.54) is 5.56 Å². The third-order valence-electron chi connectivity index (χ3n) is 2.43. The second kappa shape index (κ2) is 4.89. The lowest BCUT2D eigenvalue weighted by molar-refractivity contribution is 1.03. The molecule has 0 saturated heterocycles. The summed E-state index contributed by atoms with van der Waals surface area (Å²) in [5, 5.41) is 0. The van der Waals surface area contributed by atoms with Crippen molar-refractivity contribution in [1.82, 2.24) is 0 Å². The van der Waals surface area contributed by atoms with Gasteiger partial charge in [-0.2, -0.15) is 0 Å². The molecule has 1 atom stereocenters. The SMILES string of the molecule is CC(c1ccccc1CCl)[Si](C)(Cl)Cl. The first-order valence-corrected chi connectivity index (χ1v) is 9.62. The number of benzene rings is 1. The molecule has 0 aliphatic carbocycles. The molecule has 0 nitrogen and oxygen atoms in total. The Labute approximate surface area is 101 Å². The number of hydrogen-bond acceptors (Lipinski definition) is 0. The van der Waals surface area contributed by atoms with Crippen LogP contribution in [0.5, 0.6) is 0 Å². The van der Waals surface area contributed by atoms with Crippen LogP contribution in [0.1, 0.15) is 23.6 Å². The van der Waals surface area contributed by atoms with Crippen molar-refractivity contribution in [2.75, 3.05) is 0 Å². The van der Waals surface area contributed by atoms with Crippen LogP contribution in [0.15, 0.2) is 24.3 Å². The van der Waals surface area contributed by atoms with Crippen molar-refractivity contribution in [2.45, 2.75) is 24.9 Å². The summed E-state index contributed by atoms with van der Waals surface area (Å²) in [5.41, 5.74) is 2.52. The molecule has 0 N–H and O–H groups in total. The lowest BCUT2D eigenvalue weighted by atomic mass is 10.1. The monoisotopic (exact) mass is 266 g/mol. The highest BCUT2D eigenvalue weighted by Crippen LogP contribution is 2.34. The van der Waals surface area contributed by atoms with Crippen LogP contribution in [-0.4, -0.2) is 6.69 Å². The highest BCUT2D eigenvalue weighted by molar-refractivity contribution is 7.45. The molecule has 0 spiro atoms. The summed E-state index contributed by atoms with van der Waals surface area (Å²) in [6, 6.07) is 8.05. The molecule has 78 valence electrons. The van der Waals surface area contributed by atoms with Gasteiger partial charge in [-0.15, -0.1) is 33.8 Å². The predicted octanol–water partition coefficient (Wildman–Crippen LogP) is 4.62. The second-order valence-electron chi connectivity index (χ2n) is 3.51. The third kappa shape index (κ3) is 2.90. The fourth-order valence-electron chi connectivity index (χ4n) is 1.35. The van der Waals surface area contributed by atoms with Crippen LogP contribution in [0, 0.1) is 0 Å². The molecule has 14 heavy (non-hydrogen) atoms. The van der Waals surface area contributed by atoms with E-state index in [0.29, 0.717) is 5.88 Å². The molecule has 0 aromatic heterocycles. The number of alkyl halides is 1. The van der Waals surface area contributed by atoms with Crippen LogP contribution < -0.4 is 0 Å². The van der Waals surface area contributed by atoms with Gasteiger partial charge >= 0.3 is 0 Å². The van der Waals surface area contributed by atoms with E-state index in [9.17, 15) is 0 Å². The van der Waals surface area contributed by atoms with Crippen molar-refractivity contribution < 1.29 is 0 Å². The molecule has 1 aromatic carbocycles. The molecule has 1 aromatic rings. The van der Waals surface area contributed by atoms with E-state index >= 15 is 0 Å². The van der Waals surface area contributed by atoms with Crippen LogP contribution in [0.3, 0.4) is 0 Å². The first kappa shape index (κ1) is 12.4. The first-order valence-electron chi connectivity index (χ1n) is 4.48. The van der Waals surface area contributed by atoms with Crippen molar-refractivity contribution in [1.29, 1.82) is 0 Å². The summed E-state index contributed by atoms with van der Waals surface area (Å²) in [6.45, 7) is 1.84. The third-order valence-corrected chi connectivity index (χ3v) is 6.51. The maximum atomic E-state index is 6.21. The average Bonchev–Trinajstić information content (AvgIpc) is 2.15. The highest BCUT2D eigenvalue weighted by atomic mass is 35.7. The summed E-state index contributed by atoms with van der Waals surface area (Å²) in [6.07, 6.45) is 0. The fourth-order valence-corrected chi connectivity index (χ4v) is 3.13. The Kier molecular flexibility index (Phi) is 4.32. The van der Waals surface area contributed by atoms with E-state index in [1.54, 1.807) is 0 Å². The Morgan fingerprint density at radius 3 is 2.36 bits per heavy atom. The molecule has 0 amide bonds. The van der Waals surface area contributed by atoms with Gasteiger partial charge in [0.2, 0.25) is 0 Å². The van der Waals surface area contributed by atoms with E-state index in [0.717, 1.165) is 5.56 Å². The highest BCUT2D eigenvalue weighted by Gasteiger charge is 2.31. The number of halogens is 3. The first-order chi connectivity index (χ1) is 6.46. The molecule has 0 aliphatic heterocycles. The average molecular weight is 268 g/mol. The molecule has 1 rings (SSSR count). The Morgan fingerprint density at radius 2 is 1.86 bits per heavy atom. The summed E-state index contributed by atoms with van der Waals surface area (Å²) >= 11 is 18.3. The molecule has 4 heteroatoms. The minimum atomic E-state index is -2.16. The fraction of sp³-hybridized carbons (Fsp3) is 0.400. The van der Waals surface area contributed by atoms with E-state index in [-0.39, 0.29) is 5.54 Å². The van der Waals surface area contributed by atoms with Crippen molar-refractivity contribution in [3.8, 4) is 0 Å². The summed E-state index contributed by atoms with van der Waals surface area (Å²) in [5.74, 6) is 0.513. The van der Waals surface area contributed by atoms with Crippen molar-refractivity contribution in [3.63, 3.8) is 0 Å². The van der Waals surface area contributed by atoms with Crippen LogP contribution in [0.4, 0.5) is 0 Å². The standard InChI is InChI=1S/C10H13Cl3Si/c1-8(14(2,12)13)10-6-4-3-5-9(10)7-11/h3-6,8H,7H2,1-2H3. The molecule has 0 bridgehead atoms. The zero-order valence-electron chi connectivity index (χ0n) is 8.23. The minimum Gasteiger partial charge on any atom is -0.145 e. The van der Waals surface area contributed by atoms with Gasteiger partial charge in [0, 0.05) is 11.4 Å². The van der Waals surface area contributed by atoms with Crippen molar-refractivity contribution in [2.24, 2.45) is 0 Å². The smallest absolute Gasteiger partial charge is 0.145 e. The van der Waals surface area contributed by atoms with Crippen LogP contribution in [-0.2, 0) is 5.88 Å². The lowest BCUT2D eigenvalue weighted by Gasteiger charge is -2.22. The molecular formula is C10H13Cl3Si. The molecule has 0 radical (unpaired) electrons. The van der Waals surface area contributed by atoms with Gasteiger partial charge in [-0.3, -0.25) is 0 Å². The van der Waals surface area contributed by atoms with Crippen molar-refractivity contribution in [3.05, 3.63) is 35.4 Å². The van der Waals surface area contributed by atoms with Gasteiger partial charge in [0.05, 0.1) is 0 Å². The molecule has 1 unspecified atom stereocenters. The second-order valence-corrected chi connectivity index (χ2v) is 11.8. The Bertz CT molecular complexity index is 306. The molecule has 0 fully saturated rings. The van der Waals surface area contributed by atoms with E-state index in [2.05, 4.69) is 13.0 Å². The molecule has 0 saturated carbocycles. The molecule has 0 aliphatic rings. The molecular weight excluding hydrogens is 255 g/mol. The quantitative estimate of drug-likeness (QED) is 0.426. The zero-order chi connectivity index (χ0) is 10.8. The summed E-state index contributed by atoms with van der Waals surface area (Å²) < 4.78 is 0. The number of hydrogen-bond donors (Lipinski definition) is 0. The number of rotatable bonds is 3. The largest absolute Gasteiger partial charge is 0.255 e. The van der Waals surface area contributed by atoms with Gasteiger partial charge in [-0.05, 0) is 17.7 Å². The van der Waals surface area contributed by atoms with Gasteiger partial charge < -0.3 is 0 Å². The van der Waals surface area contributed by atoms with E-state index in [1.807, 2.05) is 24.7 Å². The van der Waals surface area contributed by atoms with Gasteiger partial charge in [-0.1, -0.05) is 31.2 Å². The van der Waals surface area contributed by atoms with E-state index < -0.39 is 6.69 Å². The zero-order valence-corrected chi connectivity index (χ0v) is 11.5. The van der Waals surface area contributed by atoms with Crippen LogP contribution in [0.2, 0.25) is 6.55 Å². The van der Waals surface area contributed by atoms with Crippen LogP contribution in [0.25, 0.3) is 0 Å². The van der Waals surface area contributed by atoms with Gasteiger partial charge in [0.15, 0.2) is 0 Å². The maximum Gasteiger partial charge on any atom is 0.255 e. The summed E-state index contributed by atoms with van der Waals surface area (Å²) in [4.78, 5) is 0. The normalized spacial score (nSPS) is 14.1. The van der Waals surface area contributed by atoms with Crippen molar-refractivity contribution >= 4 is 40.5 Å². The Balaban J connectivity index is 3.06. The predicted molar refractivity (Wildman–Crippen MR) is 67.7 cm³/mol. The Morgan fingerprint density at radius 1 is 1.29 bits per heavy atom. The maximum absolute atomic E-state index is 6.21. The molecule has 0 heterocycles. The minimum absolute atomic E-state index is 0.209. The van der Waals surface area contributed by atoms with E-state index in [4.69, 9.17) is 33.8 Å². The van der Waals surface area contributed by atoms with Crippen LogP contribution >= 0.6 is 33.8 Å². The van der Waals surface area contributed by atoms with Gasteiger partial charge in [-0.25, -0.2) is 0 Å². The van der Waals surface area contributed by atoms with Gasteiger partial charge in [0.1, 0.15) is 0 Å². The topological polar surface area (TPSA) is 0 Å². The summed E-state index contributed by atoms with van der Waals surface area (Å²) in [7, 11) is 0. The lowest BCUT2D eigenvalue weighted by Crippen LogP contribution is -2.24. The Hall–Kier alpha value is 0.307.